The van der Waals surface area contributed by atoms with Gasteiger partial charge in [0.2, 0.25) is 11.8 Å². The summed E-state index contributed by atoms with van der Waals surface area (Å²) >= 11 is 0. The van der Waals surface area contributed by atoms with Crippen LogP contribution in [0.3, 0.4) is 0 Å². The van der Waals surface area contributed by atoms with Gasteiger partial charge >= 0.3 is 0 Å². The van der Waals surface area contributed by atoms with E-state index in [0.29, 0.717) is 5.92 Å². The quantitative estimate of drug-likeness (QED) is 0.868. The number of nitrogens with zero attached hydrogens (tertiary/aromatic N) is 1. The van der Waals surface area contributed by atoms with E-state index < -0.39 is 5.54 Å². The van der Waals surface area contributed by atoms with Crippen molar-refractivity contribution in [2.24, 2.45) is 11.8 Å². The van der Waals surface area contributed by atoms with Crippen LogP contribution >= 0.6 is 0 Å². The summed E-state index contributed by atoms with van der Waals surface area (Å²) in [7, 11) is 0. The van der Waals surface area contributed by atoms with Crippen LogP contribution in [-0.2, 0) is 9.59 Å². The van der Waals surface area contributed by atoms with E-state index in [9.17, 15) is 9.59 Å². The molecule has 1 heterocycles. The van der Waals surface area contributed by atoms with Crippen molar-refractivity contribution >= 4 is 11.8 Å². The first-order valence-corrected chi connectivity index (χ1v) is 8.61. The fourth-order valence-electron chi connectivity index (χ4n) is 4.23. The molecule has 2 aliphatic carbocycles. The van der Waals surface area contributed by atoms with Crippen LogP contribution in [0.15, 0.2) is 0 Å². The third kappa shape index (κ3) is 2.47. The fraction of sp³-hybridized carbons (Fsp3) is 0.882. The fourth-order valence-corrected chi connectivity index (χ4v) is 4.23. The van der Waals surface area contributed by atoms with Crippen molar-refractivity contribution < 1.29 is 9.59 Å². The zero-order chi connectivity index (χ0) is 15.2. The average Bonchev–Trinajstić information content (AvgIpc) is 3.27. The van der Waals surface area contributed by atoms with Crippen molar-refractivity contribution in [1.29, 1.82) is 0 Å². The molecule has 118 valence electrons. The van der Waals surface area contributed by atoms with Gasteiger partial charge in [-0.1, -0.05) is 33.1 Å². The maximum absolute atomic E-state index is 13.2. The molecule has 2 amide bonds. The van der Waals surface area contributed by atoms with Crippen LogP contribution in [0.5, 0.6) is 0 Å². The summed E-state index contributed by atoms with van der Waals surface area (Å²) in [5.74, 6) is 1.02. The lowest BCUT2D eigenvalue weighted by Gasteiger charge is -2.51. The van der Waals surface area contributed by atoms with Gasteiger partial charge in [0.1, 0.15) is 11.6 Å². The molecule has 3 aliphatic rings. The number of piperazine rings is 1. The topological polar surface area (TPSA) is 49.4 Å². The highest BCUT2D eigenvalue weighted by Crippen LogP contribution is 2.41. The Morgan fingerprint density at radius 2 is 1.71 bits per heavy atom. The molecular formula is C17H28N2O2. The van der Waals surface area contributed by atoms with Crippen LogP contribution in [0.4, 0.5) is 0 Å². The molecule has 3 fully saturated rings. The molecule has 1 spiro atoms. The number of hydrogen-bond donors (Lipinski definition) is 1. The highest BCUT2D eigenvalue weighted by molar-refractivity contribution is 6.00. The standard InChI is InChI=1S/C17H28N2O2/c1-11(2)14-15(20)18-17(9-5-4-6-10-17)16(21)19(14)12(3)13-7-8-13/h11-14H,4-10H2,1-3H3,(H,18,20). The lowest BCUT2D eigenvalue weighted by Crippen LogP contribution is -2.73. The summed E-state index contributed by atoms with van der Waals surface area (Å²) in [4.78, 5) is 27.9. The number of carbonyl (C=O) groups is 2. The number of rotatable bonds is 3. The molecule has 0 aromatic carbocycles. The summed E-state index contributed by atoms with van der Waals surface area (Å²) in [5, 5.41) is 3.13. The van der Waals surface area contributed by atoms with Crippen LogP contribution in [0.1, 0.15) is 65.7 Å². The monoisotopic (exact) mass is 292 g/mol. The lowest BCUT2D eigenvalue weighted by atomic mass is 9.77. The van der Waals surface area contributed by atoms with Crippen LogP contribution in [0.2, 0.25) is 0 Å². The minimum Gasteiger partial charge on any atom is -0.340 e. The van der Waals surface area contributed by atoms with Crippen molar-refractivity contribution in [3.63, 3.8) is 0 Å². The zero-order valence-electron chi connectivity index (χ0n) is 13.5. The van der Waals surface area contributed by atoms with Crippen LogP contribution < -0.4 is 5.32 Å². The van der Waals surface area contributed by atoms with Gasteiger partial charge in [0.15, 0.2) is 0 Å². The molecule has 21 heavy (non-hydrogen) atoms. The highest BCUT2D eigenvalue weighted by Gasteiger charge is 2.54. The van der Waals surface area contributed by atoms with E-state index in [2.05, 4.69) is 12.2 Å². The normalized spacial score (nSPS) is 30.7. The van der Waals surface area contributed by atoms with Gasteiger partial charge in [-0.05, 0) is 44.4 Å². The van der Waals surface area contributed by atoms with Gasteiger partial charge in [0, 0.05) is 6.04 Å². The molecule has 3 rings (SSSR count). The van der Waals surface area contributed by atoms with Crippen LogP contribution in [0, 0.1) is 11.8 Å². The first kappa shape index (κ1) is 14.9. The van der Waals surface area contributed by atoms with E-state index >= 15 is 0 Å². The summed E-state index contributed by atoms with van der Waals surface area (Å²) < 4.78 is 0. The molecule has 2 atom stereocenters. The molecule has 0 aromatic rings. The van der Waals surface area contributed by atoms with Gasteiger partial charge in [-0.3, -0.25) is 9.59 Å². The second kappa shape index (κ2) is 5.29. The molecule has 1 aliphatic heterocycles. The van der Waals surface area contributed by atoms with Gasteiger partial charge in [-0.2, -0.15) is 0 Å². The molecule has 4 heteroatoms. The number of amides is 2. The van der Waals surface area contributed by atoms with Crippen molar-refractivity contribution in [3.8, 4) is 0 Å². The summed E-state index contributed by atoms with van der Waals surface area (Å²) in [6.07, 6.45) is 7.30. The minimum atomic E-state index is -0.593. The SMILES string of the molecule is CC(C)C1C(=O)NC2(CCCCC2)C(=O)N1C(C)C1CC1. The predicted molar refractivity (Wildman–Crippen MR) is 81.6 cm³/mol. The first-order valence-electron chi connectivity index (χ1n) is 8.61. The number of carbonyl (C=O) groups excluding carboxylic acids is 2. The molecule has 0 aromatic heterocycles. The second-order valence-corrected chi connectivity index (χ2v) is 7.61. The summed E-state index contributed by atoms with van der Waals surface area (Å²) in [6, 6.07) is -0.0876. The maximum Gasteiger partial charge on any atom is 0.249 e. The zero-order valence-corrected chi connectivity index (χ0v) is 13.5. The van der Waals surface area contributed by atoms with E-state index in [1.165, 1.54) is 19.3 Å². The number of hydrogen-bond acceptors (Lipinski definition) is 2. The Balaban J connectivity index is 1.93. The van der Waals surface area contributed by atoms with E-state index in [-0.39, 0.29) is 29.8 Å². The lowest BCUT2D eigenvalue weighted by molar-refractivity contribution is -0.161. The Kier molecular flexibility index (Phi) is 3.74. The molecular weight excluding hydrogens is 264 g/mol. The molecule has 0 radical (unpaired) electrons. The Bertz CT molecular complexity index is 436. The smallest absolute Gasteiger partial charge is 0.249 e. The Hall–Kier alpha value is -1.06. The third-order valence-corrected chi connectivity index (χ3v) is 5.66. The predicted octanol–water partition coefficient (Wildman–Crippen LogP) is 2.47. The molecule has 0 bridgehead atoms. The number of nitrogens with one attached hydrogen (secondary N) is 1. The van der Waals surface area contributed by atoms with Gasteiger partial charge in [-0.15, -0.1) is 0 Å². The van der Waals surface area contributed by atoms with Gasteiger partial charge < -0.3 is 10.2 Å². The average molecular weight is 292 g/mol. The molecule has 2 unspecified atom stereocenters. The molecule has 4 nitrogen and oxygen atoms in total. The largest absolute Gasteiger partial charge is 0.340 e. The van der Waals surface area contributed by atoms with Gasteiger partial charge in [-0.25, -0.2) is 0 Å². The Morgan fingerprint density at radius 1 is 1.10 bits per heavy atom. The van der Waals surface area contributed by atoms with E-state index in [0.717, 1.165) is 25.7 Å². The summed E-state index contributed by atoms with van der Waals surface area (Å²) in [5.41, 5.74) is -0.593. The van der Waals surface area contributed by atoms with Crippen LogP contribution in [0.25, 0.3) is 0 Å². The van der Waals surface area contributed by atoms with Crippen molar-refractivity contribution in [2.45, 2.75) is 83.3 Å². The van der Waals surface area contributed by atoms with Gasteiger partial charge in [0.25, 0.3) is 0 Å². The van der Waals surface area contributed by atoms with Crippen molar-refractivity contribution in [2.75, 3.05) is 0 Å². The first-order chi connectivity index (χ1) is 9.96. The second-order valence-electron chi connectivity index (χ2n) is 7.61. The van der Waals surface area contributed by atoms with Crippen LogP contribution in [-0.4, -0.2) is 34.3 Å². The minimum absolute atomic E-state index is 0.0685. The maximum atomic E-state index is 13.2. The molecule has 1 N–H and O–H groups in total. The Morgan fingerprint density at radius 3 is 2.24 bits per heavy atom. The molecule has 2 saturated carbocycles. The van der Waals surface area contributed by atoms with Crippen molar-refractivity contribution in [1.82, 2.24) is 10.2 Å². The van der Waals surface area contributed by atoms with E-state index in [1.54, 1.807) is 0 Å². The Labute approximate surface area is 127 Å². The summed E-state index contributed by atoms with van der Waals surface area (Å²) in [6.45, 7) is 6.23. The highest BCUT2D eigenvalue weighted by atomic mass is 16.2. The third-order valence-electron chi connectivity index (χ3n) is 5.66. The van der Waals surface area contributed by atoms with Crippen molar-refractivity contribution in [3.05, 3.63) is 0 Å². The van der Waals surface area contributed by atoms with E-state index in [1.807, 2.05) is 18.7 Å². The van der Waals surface area contributed by atoms with E-state index in [4.69, 9.17) is 0 Å². The van der Waals surface area contributed by atoms with Gasteiger partial charge in [0.05, 0.1) is 0 Å². The molecule has 1 saturated heterocycles.